The Morgan fingerprint density at radius 3 is 2.43 bits per heavy atom. The van der Waals surface area contributed by atoms with Crippen LogP contribution in [0.3, 0.4) is 0 Å². The highest BCUT2D eigenvalue weighted by Crippen LogP contribution is 2.12. The topological polar surface area (TPSA) is 108 Å². The van der Waals surface area contributed by atoms with Gasteiger partial charge in [-0.1, -0.05) is 5.16 Å². The number of rotatable bonds is 7. The molecule has 0 fully saturated rings. The smallest absolute Gasteiger partial charge is 0.363 e. The van der Waals surface area contributed by atoms with Gasteiger partial charge in [0.25, 0.3) is 5.69 Å². The van der Waals surface area contributed by atoms with Gasteiger partial charge in [0.1, 0.15) is 6.61 Å². The lowest BCUT2D eigenvalue weighted by molar-refractivity contribution is -0.384. The predicted octanol–water partition coefficient (Wildman–Crippen LogP) is 1.45. The number of hydrogen-bond donors (Lipinski definition) is 0. The van der Waals surface area contributed by atoms with Crippen molar-refractivity contribution in [2.24, 2.45) is 5.16 Å². The minimum atomic E-state index is -0.954. The number of nitro groups is 1. The number of alkyl halides is 1. The van der Waals surface area contributed by atoms with Crippen molar-refractivity contribution in [2.45, 2.75) is 6.61 Å². The van der Waals surface area contributed by atoms with Crippen molar-refractivity contribution in [1.82, 2.24) is 0 Å². The highest BCUT2D eigenvalue weighted by atomic mass is 35.5. The van der Waals surface area contributed by atoms with Crippen LogP contribution in [-0.2, 0) is 25.8 Å². The number of carbonyl (C=O) groups excluding carboxylic acids is 2. The lowest BCUT2D eigenvalue weighted by atomic mass is 10.2. The number of benzene rings is 1. The molecule has 0 aliphatic carbocycles. The monoisotopic (exact) mass is 314 g/mol. The summed E-state index contributed by atoms with van der Waals surface area (Å²) in [5.74, 6) is -2.12. The van der Waals surface area contributed by atoms with Gasteiger partial charge in [-0.15, -0.1) is 11.6 Å². The number of carbonyl (C=O) groups is 2. The first kappa shape index (κ1) is 16.6. The molecule has 0 heterocycles. The molecule has 1 aromatic rings. The van der Waals surface area contributed by atoms with E-state index in [1.807, 2.05) is 0 Å². The number of hydrogen-bond acceptors (Lipinski definition) is 7. The van der Waals surface area contributed by atoms with Crippen LogP contribution in [0.25, 0.3) is 0 Å². The second-order valence-electron chi connectivity index (χ2n) is 3.69. The van der Waals surface area contributed by atoms with Gasteiger partial charge in [-0.05, 0) is 17.7 Å². The molecule has 0 aliphatic heterocycles. The summed E-state index contributed by atoms with van der Waals surface area (Å²) in [6, 6.07) is 5.53. The molecule has 0 saturated heterocycles. The Balaban J connectivity index is 2.72. The molecule has 0 amide bonds. The van der Waals surface area contributed by atoms with E-state index in [0.29, 0.717) is 5.56 Å². The normalized spacial score (nSPS) is 10.9. The van der Waals surface area contributed by atoms with E-state index < -0.39 is 28.3 Å². The Morgan fingerprint density at radius 1 is 1.33 bits per heavy atom. The molecule has 0 aromatic heterocycles. The van der Waals surface area contributed by atoms with Gasteiger partial charge in [0, 0.05) is 12.1 Å². The maximum atomic E-state index is 11.4. The van der Waals surface area contributed by atoms with Crippen LogP contribution in [0.5, 0.6) is 0 Å². The molecule has 0 aliphatic rings. The highest BCUT2D eigenvalue weighted by Gasteiger charge is 2.21. The minimum Gasteiger partial charge on any atom is -0.464 e. The third-order valence-electron chi connectivity index (χ3n) is 2.30. The zero-order valence-electron chi connectivity index (χ0n) is 10.9. The number of halogens is 1. The summed E-state index contributed by atoms with van der Waals surface area (Å²) in [6.45, 7) is -0.0753. The molecule has 21 heavy (non-hydrogen) atoms. The van der Waals surface area contributed by atoms with Gasteiger partial charge in [0.15, 0.2) is 0 Å². The third kappa shape index (κ3) is 4.84. The average molecular weight is 315 g/mol. The number of nitrogens with zero attached hydrogens (tertiary/aromatic N) is 2. The lowest BCUT2D eigenvalue weighted by Gasteiger charge is -2.03. The van der Waals surface area contributed by atoms with Crippen LogP contribution in [0.4, 0.5) is 5.69 Å². The molecule has 1 aromatic carbocycles. The van der Waals surface area contributed by atoms with Gasteiger partial charge in [-0.2, -0.15) is 0 Å². The van der Waals surface area contributed by atoms with E-state index in [-0.39, 0.29) is 12.3 Å². The fraction of sp³-hybridized carbons (Fsp3) is 0.250. The van der Waals surface area contributed by atoms with Crippen LogP contribution in [0.15, 0.2) is 29.4 Å². The summed E-state index contributed by atoms with van der Waals surface area (Å²) >= 11 is 5.33. The second-order valence-corrected chi connectivity index (χ2v) is 3.95. The van der Waals surface area contributed by atoms with Crippen LogP contribution >= 0.6 is 11.6 Å². The van der Waals surface area contributed by atoms with Gasteiger partial charge in [0.05, 0.1) is 17.9 Å². The summed E-state index contributed by atoms with van der Waals surface area (Å²) in [4.78, 5) is 37.5. The molecule has 0 spiro atoms. The summed E-state index contributed by atoms with van der Waals surface area (Å²) in [5.41, 5.74) is -0.0314. The van der Waals surface area contributed by atoms with Gasteiger partial charge in [-0.3, -0.25) is 14.9 Å². The molecule has 0 saturated carbocycles. The number of nitro benzene ring substituents is 1. The van der Waals surface area contributed by atoms with Crippen LogP contribution in [0, 0.1) is 10.1 Å². The number of non-ortho nitro benzene ring substituents is 1. The Morgan fingerprint density at radius 2 is 1.95 bits per heavy atom. The number of esters is 1. The van der Waals surface area contributed by atoms with Gasteiger partial charge >= 0.3 is 5.97 Å². The third-order valence-corrected chi connectivity index (χ3v) is 2.54. The minimum absolute atomic E-state index is 0.0604. The molecule has 112 valence electrons. The van der Waals surface area contributed by atoms with Gasteiger partial charge < -0.3 is 9.57 Å². The molecule has 0 N–H and O–H groups in total. The SMILES string of the molecule is COC(=O)/C(=N\OCc1ccc([N+](=O)[O-])cc1)C(=O)CCl. The summed E-state index contributed by atoms with van der Waals surface area (Å²) in [7, 11) is 1.09. The van der Waals surface area contributed by atoms with Crippen molar-refractivity contribution >= 4 is 34.8 Å². The maximum absolute atomic E-state index is 11.4. The first-order valence-corrected chi connectivity index (χ1v) is 6.13. The van der Waals surface area contributed by atoms with Crippen molar-refractivity contribution in [1.29, 1.82) is 0 Å². The lowest BCUT2D eigenvalue weighted by Crippen LogP contribution is -2.26. The van der Waals surface area contributed by atoms with E-state index in [2.05, 4.69) is 9.89 Å². The first-order chi connectivity index (χ1) is 9.99. The molecule has 0 radical (unpaired) electrons. The Bertz CT molecular complexity index is 552. The number of ether oxygens (including phenoxy) is 1. The van der Waals surface area contributed by atoms with E-state index in [0.717, 1.165) is 7.11 Å². The predicted molar refractivity (Wildman–Crippen MR) is 73.1 cm³/mol. The molecule has 0 unspecified atom stereocenters. The molecule has 9 heteroatoms. The Labute approximate surface area is 124 Å². The molecule has 0 atom stereocenters. The zero-order chi connectivity index (χ0) is 15.8. The summed E-state index contributed by atoms with van der Waals surface area (Å²) in [5, 5.41) is 13.9. The van der Waals surface area contributed by atoms with Crippen LogP contribution in [-0.4, -0.2) is 35.4 Å². The van der Waals surface area contributed by atoms with E-state index in [1.165, 1.54) is 24.3 Å². The first-order valence-electron chi connectivity index (χ1n) is 5.60. The fourth-order valence-corrected chi connectivity index (χ4v) is 1.37. The number of methoxy groups -OCH3 is 1. The van der Waals surface area contributed by atoms with Crippen molar-refractivity contribution in [3.8, 4) is 0 Å². The molecule has 8 nitrogen and oxygen atoms in total. The fourth-order valence-electron chi connectivity index (χ4n) is 1.25. The van der Waals surface area contributed by atoms with Crippen LogP contribution in [0.1, 0.15) is 5.56 Å². The van der Waals surface area contributed by atoms with Crippen molar-refractivity contribution in [3.05, 3.63) is 39.9 Å². The highest BCUT2D eigenvalue weighted by molar-refractivity contribution is 6.67. The Hall–Kier alpha value is -2.48. The van der Waals surface area contributed by atoms with Crippen molar-refractivity contribution < 1.29 is 24.1 Å². The van der Waals surface area contributed by atoms with Crippen molar-refractivity contribution in [3.63, 3.8) is 0 Å². The number of oxime groups is 1. The standard InChI is InChI=1S/C12H11ClN2O6/c1-20-12(17)11(10(16)6-13)14-21-7-8-2-4-9(5-3-8)15(18)19/h2-5H,6-7H2,1H3/b14-11-. The van der Waals surface area contributed by atoms with E-state index in [1.54, 1.807) is 0 Å². The average Bonchev–Trinajstić information content (AvgIpc) is 2.50. The largest absolute Gasteiger partial charge is 0.464 e. The summed E-state index contributed by atoms with van der Waals surface area (Å²) < 4.78 is 4.38. The Kier molecular flexibility index (Phi) is 6.28. The maximum Gasteiger partial charge on any atom is 0.363 e. The van der Waals surface area contributed by atoms with Crippen LogP contribution in [0.2, 0.25) is 0 Å². The number of ketones is 1. The zero-order valence-corrected chi connectivity index (χ0v) is 11.7. The van der Waals surface area contributed by atoms with Crippen LogP contribution < -0.4 is 0 Å². The molecular weight excluding hydrogens is 304 g/mol. The number of Topliss-reactive ketones (excluding diaryl/α,β-unsaturated/α-hetero) is 1. The molecule has 1 rings (SSSR count). The summed E-state index contributed by atoms with van der Waals surface area (Å²) in [6.07, 6.45) is 0. The molecular formula is C12H11ClN2O6. The van der Waals surface area contributed by atoms with E-state index in [4.69, 9.17) is 16.4 Å². The quantitative estimate of drug-likeness (QED) is 0.188. The van der Waals surface area contributed by atoms with Gasteiger partial charge in [0.2, 0.25) is 11.5 Å². The van der Waals surface area contributed by atoms with Gasteiger partial charge in [-0.25, -0.2) is 4.79 Å². The van der Waals surface area contributed by atoms with Crippen molar-refractivity contribution in [2.75, 3.05) is 13.0 Å². The van der Waals surface area contributed by atoms with E-state index >= 15 is 0 Å². The van der Waals surface area contributed by atoms with E-state index in [9.17, 15) is 19.7 Å². The second kappa shape index (κ2) is 7.95. The molecule has 0 bridgehead atoms.